The molecule has 0 heterocycles. The van der Waals surface area contributed by atoms with E-state index in [1.807, 2.05) is 37.3 Å². The van der Waals surface area contributed by atoms with Gasteiger partial charge < -0.3 is 10.2 Å². The van der Waals surface area contributed by atoms with Crippen LogP contribution in [0.25, 0.3) is 0 Å². The molecule has 0 bridgehead atoms. The van der Waals surface area contributed by atoms with E-state index in [4.69, 9.17) is 0 Å². The van der Waals surface area contributed by atoms with Crippen LogP contribution in [0.15, 0.2) is 65.6 Å². The zero-order chi connectivity index (χ0) is 26.0. The SMILES string of the molecule is CCC(C(=O)NC1CCCCC1)N(Cc1ccccc1)C(=O)CCCN(C)S(=O)(=O)c1ccccc1. The van der Waals surface area contributed by atoms with Crippen molar-refractivity contribution in [1.82, 2.24) is 14.5 Å². The quantitative estimate of drug-likeness (QED) is 0.457. The molecule has 3 rings (SSSR count). The molecule has 0 spiro atoms. The van der Waals surface area contributed by atoms with Crippen LogP contribution in [-0.4, -0.2) is 55.1 Å². The molecular weight excluding hydrogens is 474 g/mol. The molecule has 1 saturated carbocycles. The number of amides is 2. The Labute approximate surface area is 215 Å². The Morgan fingerprint density at radius 1 is 0.972 bits per heavy atom. The molecule has 1 unspecified atom stereocenters. The van der Waals surface area contributed by atoms with Crippen LogP contribution in [-0.2, 0) is 26.2 Å². The van der Waals surface area contributed by atoms with Crippen LogP contribution < -0.4 is 5.32 Å². The number of hydrogen-bond donors (Lipinski definition) is 1. The molecule has 1 aliphatic rings. The first kappa shape index (κ1) is 27.9. The Hall–Kier alpha value is -2.71. The number of nitrogens with zero attached hydrogens (tertiary/aromatic N) is 2. The van der Waals surface area contributed by atoms with Crippen LogP contribution in [0.5, 0.6) is 0 Å². The molecule has 1 N–H and O–H groups in total. The van der Waals surface area contributed by atoms with Crippen molar-refractivity contribution in [3.05, 3.63) is 66.2 Å². The Morgan fingerprint density at radius 2 is 1.58 bits per heavy atom. The van der Waals surface area contributed by atoms with Crippen LogP contribution in [0.4, 0.5) is 0 Å². The number of sulfonamides is 1. The normalized spacial score (nSPS) is 15.4. The fourth-order valence-electron chi connectivity index (χ4n) is 4.73. The molecule has 2 aromatic carbocycles. The third kappa shape index (κ3) is 7.64. The number of benzene rings is 2. The number of carbonyl (C=O) groups excluding carboxylic acids is 2. The molecule has 36 heavy (non-hydrogen) atoms. The molecule has 0 aromatic heterocycles. The summed E-state index contributed by atoms with van der Waals surface area (Å²) in [6.07, 6.45) is 6.45. The molecule has 0 radical (unpaired) electrons. The second-order valence-electron chi connectivity index (χ2n) is 9.52. The van der Waals surface area contributed by atoms with Gasteiger partial charge in [-0.3, -0.25) is 9.59 Å². The summed E-state index contributed by atoms with van der Waals surface area (Å²) in [6, 6.07) is 17.6. The van der Waals surface area contributed by atoms with Crippen molar-refractivity contribution in [1.29, 1.82) is 0 Å². The lowest BCUT2D eigenvalue weighted by molar-refractivity contribution is -0.141. The highest BCUT2D eigenvalue weighted by Gasteiger charge is 2.30. The maximum Gasteiger partial charge on any atom is 0.243 e. The first-order valence-corrected chi connectivity index (χ1v) is 14.4. The van der Waals surface area contributed by atoms with Gasteiger partial charge in [0, 0.05) is 32.6 Å². The molecule has 1 aliphatic carbocycles. The summed E-state index contributed by atoms with van der Waals surface area (Å²) in [5.41, 5.74) is 0.957. The zero-order valence-corrected chi connectivity index (χ0v) is 22.3. The van der Waals surface area contributed by atoms with Crippen LogP contribution in [0.3, 0.4) is 0 Å². The predicted molar refractivity (Wildman–Crippen MR) is 142 cm³/mol. The van der Waals surface area contributed by atoms with E-state index in [0.717, 1.165) is 31.2 Å². The van der Waals surface area contributed by atoms with Crippen LogP contribution in [0, 0.1) is 0 Å². The molecular formula is C28H39N3O4S. The average molecular weight is 514 g/mol. The minimum absolute atomic E-state index is 0.0996. The van der Waals surface area contributed by atoms with Crippen molar-refractivity contribution in [2.24, 2.45) is 0 Å². The molecule has 8 heteroatoms. The van der Waals surface area contributed by atoms with E-state index in [-0.39, 0.29) is 35.7 Å². The third-order valence-electron chi connectivity index (χ3n) is 6.85. The minimum Gasteiger partial charge on any atom is -0.352 e. The fourth-order valence-corrected chi connectivity index (χ4v) is 5.96. The maximum atomic E-state index is 13.4. The standard InChI is InChI=1S/C28H39N3O4S/c1-3-26(28(33)29-24-16-9-5-10-17-24)31(22-23-14-7-4-8-15-23)27(32)20-13-21-30(2)36(34,35)25-18-11-6-12-19-25/h4,6-8,11-12,14-15,18-19,24,26H,3,5,9-10,13,16-17,20-22H2,1-2H3,(H,29,33). The summed E-state index contributed by atoms with van der Waals surface area (Å²) in [4.78, 5) is 28.6. The van der Waals surface area contributed by atoms with Crippen molar-refractivity contribution in [3.8, 4) is 0 Å². The smallest absolute Gasteiger partial charge is 0.243 e. The molecule has 2 amide bonds. The highest BCUT2D eigenvalue weighted by atomic mass is 32.2. The van der Waals surface area contributed by atoms with Gasteiger partial charge in [0.25, 0.3) is 0 Å². The second kappa shape index (κ2) is 13.6. The summed E-state index contributed by atoms with van der Waals surface area (Å²) < 4.78 is 26.9. The minimum atomic E-state index is -3.61. The van der Waals surface area contributed by atoms with Crippen molar-refractivity contribution >= 4 is 21.8 Å². The molecule has 1 atom stereocenters. The second-order valence-corrected chi connectivity index (χ2v) is 11.6. The number of carbonyl (C=O) groups is 2. The van der Waals surface area contributed by atoms with Crippen molar-refractivity contribution in [2.45, 2.75) is 81.8 Å². The van der Waals surface area contributed by atoms with Gasteiger partial charge in [0.15, 0.2) is 0 Å². The lowest BCUT2D eigenvalue weighted by Gasteiger charge is -2.33. The first-order valence-electron chi connectivity index (χ1n) is 13.0. The Balaban J connectivity index is 1.67. The van der Waals surface area contributed by atoms with Gasteiger partial charge in [-0.05, 0) is 43.4 Å². The van der Waals surface area contributed by atoms with E-state index in [9.17, 15) is 18.0 Å². The van der Waals surface area contributed by atoms with Gasteiger partial charge in [-0.25, -0.2) is 12.7 Å². The van der Waals surface area contributed by atoms with E-state index in [2.05, 4.69) is 5.32 Å². The molecule has 196 valence electrons. The van der Waals surface area contributed by atoms with E-state index < -0.39 is 16.1 Å². The average Bonchev–Trinajstić information content (AvgIpc) is 2.90. The lowest BCUT2D eigenvalue weighted by atomic mass is 9.95. The third-order valence-corrected chi connectivity index (χ3v) is 8.72. The summed E-state index contributed by atoms with van der Waals surface area (Å²) in [5, 5.41) is 3.18. The van der Waals surface area contributed by atoms with Crippen molar-refractivity contribution in [2.75, 3.05) is 13.6 Å². The topological polar surface area (TPSA) is 86.8 Å². The molecule has 0 aliphatic heterocycles. The highest BCUT2D eigenvalue weighted by Crippen LogP contribution is 2.20. The van der Waals surface area contributed by atoms with Gasteiger partial charge in [-0.2, -0.15) is 0 Å². The van der Waals surface area contributed by atoms with Gasteiger partial charge in [-0.15, -0.1) is 0 Å². The predicted octanol–water partition coefficient (Wildman–Crippen LogP) is 4.34. The number of hydrogen-bond acceptors (Lipinski definition) is 4. The van der Waals surface area contributed by atoms with Gasteiger partial charge in [-0.1, -0.05) is 74.7 Å². The Kier molecular flexibility index (Phi) is 10.5. The molecule has 7 nitrogen and oxygen atoms in total. The van der Waals surface area contributed by atoms with E-state index in [1.54, 1.807) is 35.2 Å². The van der Waals surface area contributed by atoms with Crippen LogP contribution >= 0.6 is 0 Å². The fraction of sp³-hybridized carbons (Fsp3) is 0.500. The summed E-state index contributed by atoms with van der Waals surface area (Å²) in [7, 11) is -2.08. The van der Waals surface area contributed by atoms with Crippen molar-refractivity contribution in [3.63, 3.8) is 0 Å². The summed E-state index contributed by atoms with van der Waals surface area (Å²) in [5.74, 6) is -0.243. The number of rotatable bonds is 12. The maximum absolute atomic E-state index is 13.4. The lowest BCUT2D eigenvalue weighted by Crippen LogP contribution is -2.51. The first-order chi connectivity index (χ1) is 17.3. The number of nitrogens with one attached hydrogen (secondary N) is 1. The van der Waals surface area contributed by atoms with E-state index in [1.165, 1.54) is 17.8 Å². The highest BCUT2D eigenvalue weighted by molar-refractivity contribution is 7.89. The van der Waals surface area contributed by atoms with Gasteiger partial charge in [0.05, 0.1) is 4.90 Å². The largest absolute Gasteiger partial charge is 0.352 e. The zero-order valence-electron chi connectivity index (χ0n) is 21.4. The molecule has 1 fully saturated rings. The van der Waals surface area contributed by atoms with Crippen LogP contribution in [0.2, 0.25) is 0 Å². The van der Waals surface area contributed by atoms with E-state index >= 15 is 0 Å². The summed E-state index contributed by atoms with van der Waals surface area (Å²) >= 11 is 0. The molecule has 2 aromatic rings. The Bertz CT molecular complexity index is 1070. The van der Waals surface area contributed by atoms with Gasteiger partial charge in [0.1, 0.15) is 6.04 Å². The molecule has 0 saturated heterocycles. The van der Waals surface area contributed by atoms with E-state index in [0.29, 0.717) is 19.4 Å². The van der Waals surface area contributed by atoms with Crippen LogP contribution in [0.1, 0.15) is 63.9 Å². The van der Waals surface area contributed by atoms with Crippen molar-refractivity contribution < 1.29 is 18.0 Å². The monoisotopic (exact) mass is 513 g/mol. The van der Waals surface area contributed by atoms with Gasteiger partial charge in [0.2, 0.25) is 21.8 Å². The Morgan fingerprint density at radius 3 is 2.19 bits per heavy atom. The summed E-state index contributed by atoms with van der Waals surface area (Å²) in [6.45, 7) is 2.48. The van der Waals surface area contributed by atoms with Gasteiger partial charge >= 0.3 is 0 Å².